The van der Waals surface area contributed by atoms with Gasteiger partial charge in [-0.25, -0.2) is 4.79 Å². The number of amides is 3. The third kappa shape index (κ3) is 5.24. The molecule has 0 radical (unpaired) electrons. The number of hydrogen-bond acceptors (Lipinski definition) is 3. The summed E-state index contributed by atoms with van der Waals surface area (Å²) in [6, 6.07) is -0.277. The SMILES string of the molecule is O=C(CCCNC(=O)NC1CCCC1C(=O)O)NC1CC1. The second kappa shape index (κ2) is 7.28. The summed E-state index contributed by atoms with van der Waals surface area (Å²) in [6.45, 7) is 0.411. The number of hydrogen-bond donors (Lipinski definition) is 4. The van der Waals surface area contributed by atoms with Crippen LogP contribution in [0.2, 0.25) is 0 Å². The van der Waals surface area contributed by atoms with Crippen LogP contribution in [0.3, 0.4) is 0 Å². The Balaban J connectivity index is 1.56. The number of rotatable bonds is 7. The van der Waals surface area contributed by atoms with Crippen LogP contribution in [0.4, 0.5) is 4.79 Å². The van der Waals surface area contributed by atoms with Crippen molar-refractivity contribution >= 4 is 17.9 Å². The Bertz CT molecular complexity index is 409. The first-order valence-electron chi connectivity index (χ1n) is 7.63. The lowest BCUT2D eigenvalue weighted by Gasteiger charge is -2.17. The van der Waals surface area contributed by atoms with E-state index in [9.17, 15) is 14.4 Å². The normalized spacial score (nSPS) is 24.4. The van der Waals surface area contributed by atoms with Gasteiger partial charge in [-0.2, -0.15) is 0 Å². The number of carbonyl (C=O) groups is 3. The van der Waals surface area contributed by atoms with E-state index in [1.165, 1.54) is 0 Å². The van der Waals surface area contributed by atoms with Gasteiger partial charge in [-0.15, -0.1) is 0 Å². The van der Waals surface area contributed by atoms with E-state index in [-0.39, 0.29) is 18.0 Å². The van der Waals surface area contributed by atoms with Crippen LogP contribution in [0, 0.1) is 5.92 Å². The molecule has 118 valence electrons. The second-order valence-corrected chi connectivity index (χ2v) is 5.83. The zero-order chi connectivity index (χ0) is 15.2. The summed E-state index contributed by atoms with van der Waals surface area (Å²) < 4.78 is 0. The molecule has 0 aromatic carbocycles. The second-order valence-electron chi connectivity index (χ2n) is 5.83. The summed E-state index contributed by atoms with van der Waals surface area (Å²) in [6.07, 6.45) is 5.26. The van der Waals surface area contributed by atoms with E-state index in [0.717, 1.165) is 19.3 Å². The van der Waals surface area contributed by atoms with Crippen LogP contribution in [-0.4, -0.2) is 41.6 Å². The summed E-state index contributed by atoms with van der Waals surface area (Å²) in [5.74, 6) is -1.31. The lowest BCUT2D eigenvalue weighted by Crippen LogP contribution is -2.45. The van der Waals surface area contributed by atoms with Crippen molar-refractivity contribution < 1.29 is 19.5 Å². The van der Waals surface area contributed by atoms with E-state index >= 15 is 0 Å². The molecule has 0 bridgehead atoms. The number of aliphatic carboxylic acids is 1. The summed E-state index contributed by atoms with van der Waals surface area (Å²) in [4.78, 5) is 34.1. The van der Waals surface area contributed by atoms with E-state index in [0.29, 0.717) is 38.3 Å². The summed E-state index contributed by atoms with van der Waals surface area (Å²) in [5, 5.41) is 17.3. The van der Waals surface area contributed by atoms with Gasteiger partial charge < -0.3 is 21.1 Å². The molecule has 4 N–H and O–H groups in total. The first-order chi connectivity index (χ1) is 10.1. The smallest absolute Gasteiger partial charge is 0.315 e. The molecule has 21 heavy (non-hydrogen) atoms. The number of urea groups is 1. The van der Waals surface area contributed by atoms with E-state index in [1.54, 1.807) is 0 Å². The molecular formula is C14H23N3O4. The molecule has 2 atom stereocenters. The summed E-state index contributed by atoms with van der Waals surface area (Å²) in [7, 11) is 0. The Hall–Kier alpha value is -1.79. The highest BCUT2D eigenvalue weighted by Crippen LogP contribution is 2.25. The van der Waals surface area contributed by atoms with Gasteiger partial charge in [0, 0.05) is 25.0 Å². The van der Waals surface area contributed by atoms with Crippen LogP contribution in [0.5, 0.6) is 0 Å². The number of nitrogens with one attached hydrogen (secondary N) is 3. The maximum atomic E-state index is 11.7. The van der Waals surface area contributed by atoms with Gasteiger partial charge in [0.25, 0.3) is 0 Å². The largest absolute Gasteiger partial charge is 0.481 e. The molecule has 7 nitrogen and oxygen atoms in total. The number of carboxylic acid groups (broad SMARTS) is 1. The molecule has 0 aromatic rings. The van der Waals surface area contributed by atoms with E-state index in [2.05, 4.69) is 16.0 Å². The molecule has 2 unspecified atom stereocenters. The summed E-state index contributed by atoms with van der Waals surface area (Å²) in [5.41, 5.74) is 0. The molecular weight excluding hydrogens is 274 g/mol. The van der Waals surface area contributed by atoms with Gasteiger partial charge in [0.05, 0.1) is 5.92 Å². The van der Waals surface area contributed by atoms with Crippen LogP contribution in [0.15, 0.2) is 0 Å². The van der Waals surface area contributed by atoms with Gasteiger partial charge in [0.1, 0.15) is 0 Å². The Labute approximate surface area is 123 Å². The van der Waals surface area contributed by atoms with Crippen molar-refractivity contribution in [3.05, 3.63) is 0 Å². The van der Waals surface area contributed by atoms with Crippen LogP contribution in [0.25, 0.3) is 0 Å². The van der Waals surface area contributed by atoms with Gasteiger partial charge in [0.2, 0.25) is 5.91 Å². The van der Waals surface area contributed by atoms with Crippen LogP contribution >= 0.6 is 0 Å². The van der Waals surface area contributed by atoms with Crippen molar-refractivity contribution in [1.29, 1.82) is 0 Å². The lowest BCUT2D eigenvalue weighted by atomic mass is 10.0. The zero-order valence-corrected chi connectivity index (χ0v) is 12.1. The van der Waals surface area contributed by atoms with Crippen LogP contribution in [-0.2, 0) is 9.59 Å². The monoisotopic (exact) mass is 297 g/mol. The van der Waals surface area contributed by atoms with E-state index in [1.807, 2.05) is 0 Å². The van der Waals surface area contributed by atoms with E-state index in [4.69, 9.17) is 5.11 Å². The zero-order valence-electron chi connectivity index (χ0n) is 12.1. The van der Waals surface area contributed by atoms with Crippen molar-refractivity contribution in [2.45, 2.75) is 57.0 Å². The van der Waals surface area contributed by atoms with Gasteiger partial charge in [0.15, 0.2) is 0 Å². The fourth-order valence-electron chi connectivity index (χ4n) is 2.63. The highest BCUT2D eigenvalue weighted by Gasteiger charge is 2.33. The fraction of sp³-hybridized carbons (Fsp3) is 0.786. The van der Waals surface area contributed by atoms with Crippen molar-refractivity contribution in [2.75, 3.05) is 6.54 Å². The first-order valence-corrected chi connectivity index (χ1v) is 7.63. The minimum absolute atomic E-state index is 0.0291. The molecule has 2 rings (SSSR count). The highest BCUT2D eigenvalue weighted by atomic mass is 16.4. The summed E-state index contributed by atoms with van der Waals surface area (Å²) >= 11 is 0. The third-order valence-corrected chi connectivity index (χ3v) is 3.96. The number of carboxylic acids is 1. The van der Waals surface area contributed by atoms with Crippen LogP contribution in [0.1, 0.15) is 44.9 Å². The standard InChI is InChI=1S/C14H23N3O4/c18-12(16-9-6-7-9)5-2-8-15-14(21)17-11-4-1-3-10(11)13(19)20/h9-11H,1-8H2,(H,16,18)(H,19,20)(H2,15,17,21). The average Bonchev–Trinajstić information content (AvgIpc) is 3.10. The molecule has 7 heteroatoms. The first kappa shape index (κ1) is 15.6. The van der Waals surface area contributed by atoms with Crippen molar-refractivity contribution in [3.8, 4) is 0 Å². The van der Waals surface area contributed by atoms with Crippen molar-refractivity contribution in [2.24, 2.45) is 5.92 Å². The Morgan fingerprint density at radius 1 is 1.05 bits per heavy atom. The van der Waals surface area contributed by atoms with Gasteiger partial charge >= 0.3 is 12.0 Å². The minimum atomic E-state index is -0.852. The average molecular weight is 297 g/mol. The highest BCUT2D eigenvalue weighted by molar-refractivity contribution is 5.78. The molecule has 0 saturated heterocycles. The predicted molar refractivity (Wildman–Crippen MR) is 75.7 cm³/mol. The maximum Gasteiger partial charge on any atom is 0.315 e. The third-order valence-electron chi connectivity index (χ3n) is 3.96. The van der Waals surface area contributed by atoms with E-state index < -0.39 is 11.9 Å². The van der Waals surface area contributed by atoms with Crippen molar-refractivity contribution in [3.63, 3.8) is 0 Å². The molecule has 2 saturated carbocycles. The predicted octanol–water partition coefficient (Wildman–Crippen LogP) is 0.598. The molecule has 2 fully saturated rings. The lowest BCUT2D eigenvalue weighted by molar-refractivity contribution is -0.142. The molecule has 0 heterocycles. The molecule has 0 aromatic heterocycles. The van der Waals surface area contributed by atoms with Gasteiger partial charge in [-0.3, -0.25) is 9.59 Å². The van der Waals surface area contributed by atoms with Crippen LogP contribution < -0.4 is 16.0 Å². The number of carbonyl (C=O) groups excluding carboxylic acids is 2. The molecule has 0 spiro atoms. The fourth-order valence-corrected chi connectivity index (χ4v) is 2.63. The topological polar surface area (TPSA) is 108 Å². The van der Waals surface area contributed by atoms with Crippen molar-refractivity contribution in [1.82, 2.24) is 16.0 Å². The molecule has 0 aliphatic heterocycles. The Kier molecular flexibility index (Phi) is 5.41. The molecule has 2 aliphatic rings. The Morgan fingerprint density at radius 2 is 1.81 bits per heavy atom. The maximum absolute atomic E-state index is 11.7. The molecule has 2 aliphatic carbocycles. The quantitative estimate of drug-likeness (QED) is 0.516. The van der Waals surface area contributed by atoms with Gasteiger partial charge in [-0.05, 0) is 32.1 Å². The molecule has 3 amide bonds. The Morgan fingerprint density at radius 3 is 2.48 bits per heavy atom. The van der Waals surface area contributed by atoms with Gasteiger partial charge in [-0.1, -0.05) is 6.42 Å². The minimum Gasteiger partial charge on any atom is -0.481 e.